The fourth-order valence-electron chi connectivity index (χ4n) is 4.99. The van der Waals surface area contributed by atoms with E-state index >= 15 is 0 Å². The van der Waals surface area contributed by atoms with Crippen LogP contribution in [0, 0.1) is 17.7 Å². The lowest BCUT2D eigenvalue weighted by atomic mass is 9.89. The number of hydrogen-bond acceptors (Lipinski definition) is 4. The van der Waals surface area contributed by atoms with Gasteiger partial charge in [-0.25, -0.2) is 4.39 Å². The minimum absolute atomic E-state index is 0.161. The zero-order chi connectivity index (χ0) is 18.5. The van der Waals surface area contributed by atoms with Crippen LogP contribution in [0.3, 0.4) is 0 Å². The van der Waals surface area contributed by atoms with Gasteiger partial charge in [0, 0.05) is 43.3 Å². The highest BCUT2D eigenvalue weighted by molar-refractivity contribution is 6.31. The molecule has 0 aliphatic carbocycles. The average molecular weight is 389 g/mol. The Morgan fingerprint density at radius 3 is 2.74 bits per heavy atom. The molecule has 0 aromatic heterocycles. The number of benzene rings is 2. The van der Waals surface area contributed by atoms with E-state index in [-0.39, 0.29) is 18.7 Å². The molecule has 0 saturated carbocycles. The van der Waals surface area contributed by atoms with Gasteiger partial charge in [0.25, 0.3) is 0 Å². The quantitative estimate of drug-likeness (QED) is 0.795. The summed E-state index contributed by atoms with van der Waals surface area (Å²) in [7, 11) is 2.15. The Labute approximate surface area is 163 Å². The number of rotatable bonds is 3. The number of likely N-dealkylation sites (tertiary alicyclic amines) is 2. The van der Waals surface area contributed by atoms with Crippen molar-refractivity contribution in [1.29, 1.82) is 0 Å². The molecule has 6 heteroatoms. The van der Waals surface area contributed by atoms with Crippen molar-refractivity contribution in [2.75, 3.05) is 33.5 Å². The van der Waals surface area contributed by atoms with E-state index in [0.717, 1.165) is 53.8 Å². The summed E-state index contributed by atoms with van der Waals surface area (Å²) in [6.07, 6.45) is 0. The van der Waals surface area contributed by atoms with Crippen LogP contribution in [0.5, 0.6) is 11.5 Å². The van der Waals surface area contributed by atoms with Gasteiger partial charge in [0.05, 0.1) is 0 Å². The molecule has 2 aromatic rings. The van der Waals surface area contributed by atoms with E-state index in [1.165, 1.54) is 6.07 Å². The Morgan fingerprint density at radius 1 is 1.11 bits per heavy atom. The summed E-state index contributed by atoms with van der Waals surface area (Å²) in [6.45, 7) is 4.11. The molecule has 0 radical (unpaired) electrons. The predicted molar refractivity (Wildman–Crippen MR) is 102 cm³/mol. The topological polar surface area (TPSA) is 24.9 Å². The van der Waals surface area contributed by atoms with Crippen molar-refractivity contribution in [2.45, 2.75) is 12.6 Å². The summed E-state index contributed by atoms with van der Waals surface area (Å²) < 4.78 is 24.6. The zero-order valence-electron chi connectivity index (χ0n) is 15.2. The highest BCUT2D eigenvalue weighted by Gasteiger charge is 2.46. The Kier molecular flexibility index (Phi) is 4.26. The number of ether oxygens (including phenoxy) is 2. The molecule has 5 rings (SSSR count). The molecule has 0 N–H and O–H groups in total. The summed E-state index contributed by atoms with van der Waals surface area (Å²) in [6, 6.07) is 11.2. The van der Waals surface area contributed by atoms with Gasteiger partial charge >= 0.3 is 0 Å². The largest absolute Gasteiger partial charge is 0.454 e. The minimum atomic E-state index is -0.161. The van der Waals surface area contributed by atoms with Crippen molar-refractivity contribution in [3.63, 3.8) is 0 Å². The zero-order valence-corrected chi connectivity index (χ0v) is 16.0. The Morgan fingerprint density at radius 2 is 1.93 bits per heavy atom. The van der Waals surface area contributed by atoms with Crippen molar-refractivity contribution in [1.82, 2.24) is 9.80 Å². The number of fused-ring (bicyclic) bond motifs is 2. The number of nitrogens with zero attached hydrogens (tertiary/aromatic N) is 2. The maximum Gasteiger partial charge on any atom is 0.231 e. The third kappa shape index (κ3) is 3.08. The number of hydrogen-bond donors (Lipinski definition) is 0. The Balaban J connectivity index is 1.34. The molecule has 2 aromatic carbocycles. The molecule has 4 nitrogen and oxygen atoms in total. The van der Waals surface area contributed by atoms with Gasteiger partial charge in [0.2, 0.25) is 6.79 Å². The van der Waals surface area contributed by atoms with E-state index in [4.69, 9.17) is 21.1 Å². The van der Waals surface area contributed by atoms with E-state index in [1.54, 1.807) is 6.07 Å². The SMILES string of the molecule is CN1C[C@H]2CN(Cc3cc4c(cc3Cl)OCO4)C[C@H]2[C@@H]1c1cccc(F)c1. The van der Waals surface area contributed by atoms with Crippen LogP contribution in [0.25, 0.3) is 0 Å². The van der Waals surface area contributed by atoms with E-state index < -0.39 is 0 Å². The van der Waals surface area contributed by atoms with Gasteiger partial charge in [0.1, 0.15) is 5.82 Å². The second kappa shape index (κ2) is 6.66. The first-order valence-electron chi connectivity index (χ1n) is 9.34. The van der Waals surface area contributed by atoms with Crippen molar-refractivity contribution in [2.24, 2.45) is 11.8 Å². The molecule has 3 aliphatic rings. The molecule has 2 saturated heterocycles. The molecule has 0 amide bonds. The molecule has 3 atom stereocenters. The molecule has 27 heavy (non-hydrogen) atoms. The van der Waals surface area contributed by atoms with E-state index in [9.17, 15) is 4.39 Å². The van der Waals surface area contributed by atoms with Gasteiger partial charge in [0.15, 0.2) is 11.5 Å². The van der Waals surface area contributed by atoms with Gasteiger partial charge in [-0.1, -0.05) is 23.7 Å². The fourth-order valence-corrected chi connectivity index (χ4v) is 5.21. The maximum absolute atomic E-state index is 13.7. The molecule has 0 spiro atoms. The molecule has 142 valence electrons. The maximum atomic E-state index is 13.7. The Hall–Kier alpha value is -1.82. The summed E-state index contributed by atoms with van der Waals surface area (Å²) >= 11 is 6.46. The van der Waals surface area contributed by atoms with Crippen LogP contribution < -0.4 is 9.47 Å². The molecule has 3 heterocycles. The van der Waals surface area contributed by atoms with Crippen molar-refractivity contribution in [3.05, 3.63) is 58.4 Å². The van der Waals surface area contributed by atoms with Crippen LogP contribution in [-0.4, -0.2) is 43.3 Å². The molecule has 0 bridgehead atoms. The lowest BCUT2D eigenvalue weighted by Gasteiger charge is -2.27. The smallest absolute Gasteiger partial charge is 0.231 e. The summed E-state index contributed by atoms with van der Waals surface area (Å²) in [4.78, 5) is 4.83. The summed E-state index contributed by atoms with van der Waals surface area (Å²) in [5.74, 6) is 2.42. The third-order valence-corrected chi connectivity index (χ3v) is 6.45. The average Bonchev–Trinajstić information content (AvgIpc) is 3.29. The van der Waals surface area contributed by atoms with Crippen LogP contribution in [0.15, 0.2) is 36.4 Å². The second-order valence-electron chi connectivity index (χ2n) is 7.85. The molecular weight excluding hydrogens is 367 g/mol. The Bertz CT molecular complexity index is 877. The predicted octanol–water partition coefficient (Wildman–Crippen LogP) is 3.94. The fraction of sp³-hybridized carbons (Fsp3) is 0.429. The normalized spacial score (nSPS) is 27.3. The second-order valence-corrected chi connectivity index (χ2v) is 8.26. The van der Waals surface area contributed by atoms with Crippen LogP contribution in [0.4, 0.5) is 4.39 Å². The van der Waals surface area contributed by atoms with Gasteiger partial charge in [-0.05, 0) is 48.2 Å². The first-order valence-corrected chi connectivity index (χ1v) is 9.72. The lowest BCUT2D eigenvalue weighted by Crippen LogP contribution is -2.29. The lowest BCUT2D eigenvalue weighted by molar-refractivity contribution is 0.174. The van der Waals surface area contributed by atoms with Crippen molar-refractivity contribution in [3.8, 4) is 11.5 Å². The van der Waals surface area contributed by atoms with Gasteiger partial charge in [-0.3, -0.25) is 9.80 Å². The standard InChI is InChI=1S/C21H22ClFN2O2/c1-24-8-15-10-25(9-14-6-19-20(7-18(14)22)27-12-26-19)11-17(15)21(24)13-3-2-4-16(23)5-13/h2-7,15,17,21H,8-12H2,1H3/t15-,17+,21-/m0/s1. The van der Waals surface area contributed by atoms with Gasteiger partial charge in [-0.2, -0.15) is 0 Å². The number of halogens is 2. The molecule has 0 unspecified atom stereocenters. The first kappa shape index (κ1) is 17.3. The minimum Gasteiger partial charge on any atom is -0.454 e. The highest BCUT2D eigenvalue weighted by Crippen LogP contribution is 2.45. The van der Waals surface area contributed by atoms with E-state index in [0.29, 0.717) is 11.8 Å². The third-order valence-electron chi connectivity index (χ3n) is 6.10. The van der Waals surface area contributed by atoms with E-state index in [1.807, 2.05) is 24.3 Å². The van der Waals surface area contributed by atoms with E-state index in [2.05, 4.69) is 16.8 Å². The molecule has 2 fully saturated rings. The summed E-state index contributed by atoms with van der Waals surface area (Å²) in [5.41, 5.74) is 2.14. The highest BCUT2D eigenvalue weighted by atomic mass is 35.5. The monoisotopic (exact) mass is 388 g/mol. The molecular formula is C21H22ClFN2O2. The van der Waals surface area contributed by atoms with Crippen molar-refractivity contribution >= 4 is 11.6 Å². The van der Waals surface area contributed by atoms with Crippen LogP contribution in [0.2, 0.25) is 5.02 Å². The van der Waals surface area contributed by atoms with Crippen molar-refractivity contribution < 1.29 is 13.9 Å². The van der Waals surface area contributed by atoms with Crippen LogP contribution in [0.1, 0.15) is 17.2 Å². The van der Waals surface area contributed by atoms with Crippen LogP contribution in [-0.2, 0) is 6.54 Å². The van der Waals surface area contributed by atoms with Crippen LogP contribution >= 0.6 is 11.6 Å². The van der Waals surface area contributed by atoms with Gasteiger partial charge in [-0.15, -0.1) is 0 Å². The summed E-state index contributed by atoms with van der Waals surface area (Å²) in [5, 5.41) is 0.718. The molecule has 3 aliphatic heterocycles. The van der Waals surface area contributed by atoms with Gasteiger partial charge < -0.3 is 9.47 Å². The first-order chi connectivity index (χ1) is 13.1.